The Hall–Kier alpha value is -7.65. The lowest BCUT2D eigenvalue weighted by Gasteiger charge is -2.20. The van der Waals surface area contributed by atoms with Crippen molar-refractivity contribution in [1.29, 1.82) is 0 Å². The van der Waals surface area contributed by atoms with Gasteiger partial charge in [0.05, 0.1) is 66.5 Å². The Morgan fingerprint density at radius 3 is 1.70 bits per heavy atom. The highest BCUT2D eigenvalue weighted by Crippen LogP contribution is 2.30. The number of hydrogen-bond donors (Lipinski definition) is 4. The van der Waals surface area contributed by atoms with E-state index in [1.807, 2.05) is 90.6 Å². The third-order valence-corrected chi connectivity index (χ3v) is 14.2. The van der Waals surface area contributed by atoms with Gasteiger partial charge in [0.15, 0.2) is 5.78 Å². The maximum Gasteiger partial charge on any atom is 0.407 e. The third-order valence-electron chi connectivity index (χ3n) is 11.7. The van der Waals surface area contributed by atoms with Crippen molar-refractivity contribution >= 4 is 63.8 Å². The maximum absolute atomic E-state index is 12.8. The van der Waals surface area contributed by atoms with Crippen LogP contribution in [0.3, 0.4) is 0 Å². The zero-order valence-electron chi connectivity index (χ0n) is 42.4. The number of carboxylic acids is 1. The molecule has 8 heterocycles. The summed E-state index contributed by atoms with van der Waals surface area (Å²) in [5.74, 6) is 0.398. The van der Waals surface area contributed by atoms with E-state index in [-0.39, 0.29) is 5.78 Å². The van der Waals surface area contributed by atoms with Crippen LogP contribution in [-0.2, 0) is 67.3 Å². The summed E-state index contributed by atoms with van der Waals surface area (Å²) in [7, 11) is 3.72. The third kappa shape index (κ3) is 14.5. The van der Waals surface area contributed by atoms with Crippen molar-refractivity contribution in [1.82, 2.24) is 44.8 Å². The second kappa shape index (κ2) is 23.9. The summed E-state index contributed by atoms with van der Waals surface area (Å²) in [6.45, 7) is 12.7. The first kappa shape index (κ1) is 52.7. The number of ether oxygens (including phenoxy) is 3. The Balaban J connectivity index is 0.000000162. The van der Waals surface area contributed by atoms with Crippen LogP contribution < -0.4 is 16.0 Å². The number of hydrogen-bond acceptors (Lipinski definition) is 16. The lowest BCUT2D eigenvalue weighted by molar-refractivity contribution is 0.0522. The number of amides is 1. The molecule has 18 nitrogen and oxygen atoms in total. The number of anilines is 4. The smallest absolute Gasteiger partial charge is 0.407 e. The summed E-state index contributed by atoms with van der Waals surface area (Å²) in [5.41, 5.74) is 11.4. The van der Waals surface area contributed by atoms with Crippen molar-refractivity contribution in [3.05, 3.63) is 151 Å². The molecule has 0 aliphatic carbocycles. The molecule has 0 atom stereocenters. The Kier molecular flexibility index (Phi) is 17.0. The van der Waals surface area contributed by atoms with Crippen LogP contribution >= 0.6 is 22.7 Å². The van der Waals surface area contributed by atoms with Crippen LogP contribution in [0.5, 0.6) is 0 Å². The van der Waals surface area contributed by atoms with Gasteiger partial charge in [0, 0.05) is 85.6 Å². The van der Waals surface area contributed by atoms with E-state index in [1.54, 1.807) is 51.6 Å². The molecule has 0 unspecified atom stereocenters. The molecule has 384 valence electrons. The largest absolute Gasteiger partial charge is 0.477 e. The highest BCUT2D eigenvalue weighted by atomic mass is 32.1. The number of aromatic carboxylic acids is 1. The molecule has 2 aliphatic rings. The predicted octanol–water partition coefficient (Wildman–Crippen LogP) is 10.4. The van der Waals surface area contributed by atoms with Gasteiger partial charge in [0.25, 0.3) is 0 Å². The van der Waals surface area contributed by atoms with Crippen LogP contribution in [0.4, 0.5) is 28.1 Å². The molecule has 0 spiro atoms. The summed E-state index contributed by atoms with van der Waals surface area (Å²) in [5, 5.41) is 26.1. The van der Waals surface area contributed by atoms with E-state index < -0.39 is 17.7 Å². The number of ketones is 1. The minimum atomic E-state index is -0.839. The molecule has 20 heteroatoms. The first-order valence-corrected chi connectivity index (χ1v) is 25.6. The predicted molar refractivity (Wildman–Crippen MR) is 285 cm³/mol. The van der Waals surface area contributed by atoms with Gasteiger partial charge in [-0.2, -0.15) is 10.2 Å². The molecule has 74 heavy (non-hydrogen) atoms. The highest BCUT2D eigenvalue weighted by Gasteiger charge is 2.20. The van der Waals surface area contributed by atoms with E-state index in [0.29, 0.717) is 49.6 Å². The zero-order valence-corrected chi connectivity index (χ0v) is 44.0. The van der Waals surface area contributed by atoms with Gasteiger partial charge in [-0.15, -0.1) is 22.7 Å². The molecule has 8 aromatic rings. The van der Waals surface area contributed by atoms with Crippen molar-refractivity contribution in [3.8, 4) is 22.5 Å². The number of carboxylic acid groups (broad SMARTS) is 1. The van der Waals surface area contributed by atoms with E-state index in [9.17, 15) is 14.4 Å². The molecular formula is C54H59N11O7S2. The van der Waals surface area contributed by atoms with Gasteiger partial charge in [-0.25, -0.2) is 29.5 Å². The summed E-state index contributed by atoms with van der Waals surface area (Å²) in [4.78, 5) is 56.8. The quantitative estimate of drug-likeness (QED) is 0.0789. The molecule has 0 radical (unpaired) electrons. The first-order valence-electron chi connectivity index (χ1n) is 24.0. The van der Waals surface area contributed by atoms with Crippen LogP contribution in [0.1, 0.15) is 89.7 Å². The van der Waals surface area contributed by atoms with Gasteiger partial charge < -0.3 is 35.3 Å². The molecule has 4 N–H and O–H groups in total. The number of aryl methyl sites for hydroxylation is 5. The standard InChI is InChI=1S/C25H25N5O2S.C21H26N6O2.C8H8O3S/c1-16-11-18(21-7-9-26-25(29-21)28-20-13-27-30(2)14-20)4-3-17(16)5-6-22(31)24-12-19-15-32-10-8-23(19)33-24;1-14-10-15(6-7-16(14)11-23-20(28)29-21(2,3)4)18-8-9-22-19(26-18)25-17-12-24-27(5)13-17;9-8(10)7-3-5-4-11-2-1-6(5)12-7/h3-4,7,9,11-14H,5-6,8,10,15H2,1-2H3,(H,26,28,29);6-10,12-13H,11H2,1-5H3,(H,23,28)(H,22,25,26);3H,1-2,4H2,(H,9,10). The van der Waals surface area contributed by atoms with E-state index >= 15 is 0 Å². The average molecular weight is 1040 g/mol. The number of rotatable bonds is 13. The summed E-state index contributed by atoms with van der Waals surface area (Å²) < 4.78 is 19.4. The second-order valence-electron chi connectivity index (χ2n) is 18.7. The molecular weight excluding hydrogens is 979 g/mol. The van der Waals surface area contributed by atoms with Crippen molar-refractivity contribution < 1.29 is 33.7 Å². The second-order valence-corrected chi connectivity index (χ2v) is 20.9. The molecule has 2 aromatic carbocycles. The fourth-order valence-corrected chi connectivity index (χ4v) is 10.1. The highest BCUT2D eigenvalue weighted by molar-refractivity contribution is 7.14. The van der Waals surface area contributed by atoms with Crippen molar-refractivity contribution in [2.45, 2.75) is 85.7 Å². The Labute approximate surface area is 437 Å². The van der Waals surface area contributed by atoms with E-state index in [2.05, 4.69) is 71.2 Å². The number of carbonyl (C=O) groups excluding carboxylic acids is 2. The number of thiophene rings is 2. The van der Waals surface area contributed by atoms with E-state index in [4.69, 9.17) is 19.3 Å². The first-order chi connectivity index (χ1) is 35.5. The summed E-state index contributed by atoms with van der Waals surface area (Å²) in [6.07, 6.45) is 13.2. The van der Waals surface area contributed by atoms with Gasteiger partial charge in [0.1, 0.15) is 10.5 Å². The number of nitrogens with one attached hydrogen (secondary N) is 3. The van der Waals surface area contributed by atoms with Gasteiger partial charge in [0.2, 0.25) is 11.9 Å². The van der Waals surface area contributed by atoms with Gasteiger partial charge in [-0.3, -0.25) is 14.2 Å². The van der Waals surface area contributed by atoms with E-state index in [0.717, 1.165) is 86.9 Å². The molecule has 0 saturated carbocycles. The molecule has 1 amide bonds. The number of benzene rings is 2. The molecule has 10 rings (SSSR count). The van der Waals surface area contributed by atoms with Crippen LogP contribution in [0.15, 0.2) is 97.8 Å². The molecule has 0 bridgehead atoms. The van der Waals surface area contributed by atoms with Crippen molar-refractivity contribution in [3.63, 3.8) is 0 Å². The summed E-state index contributed by atoms with van der Waals surface area (Å²) in [6, 6.07) is 19.8. The van der Waals surface area contributed by atoms with Gasteiger partial charge >= 0.3 is 12.1 Å². The van der Waals surface area contributed by atoms with Crippen molar-refractivity contribution in [2.24, 2.45) is 14.1 Å². The van der Waals surface area contributed by atoms with Crippen LogP contribution in [0.25, 0.3) is 22.5 Å². The minimum absolute atomic E-state index is 0.208. The lowest BCUT2D eigenvalue weighted by Crippen LogP contribution is -2.32. The molecule has 6 aromatic heterocycles. The SMILES string of the molecule is Cc1cc(-c2ccnc(Nc3cnn(C)c3)n2)ccc1CCC(=O)c1cc2c(s1)CCOC2.Cc1cc(-c2ccnc(Nc3cnn(C)c3)n2)ccc1CNC(=O)OC(C)(C)C.O=C(O)c1cc2c(s1)CCOC2. The molecule has 2 aliphatic heterocycles. The Morgan fingerprint density at radius 1 is 0.716 bits per heavy atom. The number of fused-ring (bicyclic) bond motifs is 2. The average Bonchev–Trinajstić information content (AvgIpc) is 4.20. The van der Waals surface area contributed by atoms with Crippen LogP contribution in [-0.4, -0.2) is 81.3 Å². The monoisotopic (exact) mass is 1040 g/mol. The Bertz CT molecular complexity index is 3220. The Morgan fingerprint density at radius 2 is 1.23 bits per heavy atom. The van der Waals surface area contributed by atoms with Crippen molar-refractivity contribution in [2.75, 3.05) is 23.8 Å². The van der Waals surface area contributed by atoms with Gasteiger partial charge in [-0.1, -0.05) is 24.3 Å². The molecule has 0 fully saturated rings. The summed E-state index contributed by atoms with van der Waals surface area (Å²) >= 11 is 2.99. The molecule has 0 saturated heterocycles. The normalized spacial score (nSPS) is 12.7. The van der Waals surface area contributed by atoms with Gasteiger partial charge in [-0.05, 0) is 111 Å². The number of nitrogens with zero attached hydrogens (tertiary/aromatic N) is 8. The number of alkyl carbamates (subject to hydrolysis) is 1. The zero-order chi connectivity index (χ0) is 52.4. The fourth-order valence-electron chi connectivity index (χ4n) is 7.97. The fraction of sp³-hybridized carbons (Fsp3) is 0.315. The topological polar surface area (TPSA) is 222 Å². The lowest BCUT2D eigenvalue weighted by atomic mass is 9.98. The minimum Gasteiger partial charge on any atom is -0.477 e. The van der Waals surface area contributed by atoms with Crippen LogP contribution in [0.2, 0.25) is 0 Å². The van der Waals surface area contributed by atoms with Crippen LogP contribution in [0, 0.1) is 13.8 Å². The number of carbonyl (C=O) groups is 3. The number of Topliss-reactive ketones (excluding diaryl/α,β-unsaturated/α-hetero) is 1. The van der Waals surface area contributed by atoms with E-state index in [1.165, 1.54) is 32.2 Å². The maximum atomic E-state index is 12.8. The number of aromatic nitrogens is 8.